The minimum absolute atomic E-state index is 0.0203. The van der Waals surface area contributed by atoms with E-state index in [2.05, 4.69) is 59.4 Å². The molecule has 0 aliphatic heterocycles. The lowest BCUT2D eigenvalue weighted by Gasteiger charge is -2.31. The molecule has 3 aromatic rings. The van der Waals surface area contributed by atoms with E-state index >= 15 is 0 Å². The summed E-state index contributed by atoms with van der Waals surface area (Å²) in [4.78, 5) is 28.6. The van der Waals surface area contributed by atoms with Gasteiger partial charge in [0.05, 0.1) is 0 Å². The molecule has 0 saturated heterocycles. The third-order valence-electron chi connectivity index (χ3n) is 6.16. The van der Waals surface area contributed by atoms with E-state index in [9.17, 15) is 9.59 Å². The highest BCUT2D eigenvalue weighted by Gasteiger charge is 2.29. The monoisotopic (exact) mass is 534 g/mol. The standard InChI is InChI=1S/C30H35BrN2O2/c1-4-32-30(35)28(20-24-8-6-5-7-9-24)33(21-25-12-17-27(31)18-13-25)29(34)19-14-23-10-15-26(16-11-23)22(2)3/h5-13,15-18,22,28H,4,14,19-21H2,1-3H3,(H,32,35)/t28-/m0/s1. The molecule has 0 aromatic heterocycles. The summed E-state index contributed by atoms with van der Waals surface area (Å²) in [7, 11) is 0. The second-order valence-electron chi connectivity index (χ2n) is 9.14. The Kier molecular flexibility index (Phi) is 10.1. The van der Waals surface area contributed by atoms with Crippen molar-refractivity contribution >= 4 is 27.7 Å². The van der Waals surface area contributed by atoms with Gasteiger partial charge in [-0.1, -0.05) is 96.5 Å². The van der Waals surface area contributed by atoms with Gasteiger partial charge in [-0.2, -0.15) is 0 Å². The third kappa shape index (κ3) is 8.07. The predicted octanol–water partition coefficient (Wildman–Crippen LogP) is 6.28. The van der Waals surface area contributed by atoms with Crippen molar-refractivity contribution in [2.24, 2.45) is 0 Å². The van der Waals surface area contributed by atoms with Gasteiger partial charge < -0.3 is 10.2 Å². The molecule has 0 bridgehead atoms. The average Bonchev–Trinajstić information content (AvgIpc) is 2.86. The van der Waals surface area contributed by atoms with Crippen LogP contribution in [0.2, 0.25) is 0 Å². The average molecular weight is 536 g/mol. The highest BCUT2D eigenvalue weighted by molar-refractivity contribution is 9.10. The van der Waals surface area contributed by atoms with E-state index in [1.165, 1.54) is 5.56 Å². The number of hydrogen-bond acceptors (Lipinski definition) is 2. The van der Waals surface area contributed by atoms with Gasteiger partial charge >= 0.3 is 0 Å². The Morgan fingerprint density at radius 3 is 2.09 bits per heavy atom. The lowest BCUT2D eigenvalue weighted by atomic mass is 9.99. The highest BCUT2D eigenvalue weighted by atomic mass is 79.9. The third-order valence-corrected chi connectivity index (χ3v) is 6.69. The lowest BCUT2D eigenvalue weighted by Crippen LogP contribution is -2.50. The van der Waals surface area contributed by atoms with Gasteiger partial charge in [-0.25, -0.2) is 0 Å². The molecular formula is C30H35BrN2O2. The van der Waals surface area contributed by atoms with Crippen LogP contribution >= 0.6 is 15.9 Å². The summed E-state index contributed by atoms with van der Waals surface area (Å²) in [6.45, 7) is 7.15. The van der Waals surface area contributed by atoms with Gasteiger partial charge in [-0.3, -0.25) is 9.59 Å². The SMILES string of the molecule is CCNC(=O)[C@H](Cc1ccccc1)N(Cc1ccc(Br)cc1)C(=O)CCc1ccc(C(C)C)cc1. The summed E-state index contributed by atoms with van der Waals surface area (Å²) in [6, 6.07) is 25.7. The van der Waals surface area contributed by atoms with Gasteiger partial charge in [0.1, 0.15) is 6.04 Å². The van der Waals surface area contributed by atoms with E-state index in [0.717, 1.165) is 21.2 Å². The Labute approximate surface area is 217 Å². The molecule has 3 rings (SSSR count). The number of amides is 2. The van der Waals surface area contributed by atoms with Crippen LogP contribution in [-0.2, 0) is 29.0 Å². The molecule has 2 amide bonds. The molecule has 184 valence electrons. The van der Waals surface area contributed by atoms with Crippen LogP contribution in [0.5, 0.6) is 0 Å². The molecule has 0 aliphatic rings. The van der Waals surface area contributed by atoms with Crippen molar-refractivity contribution in [2.45, 2.75) is 58.5 Å². The van der Waals surface area contributed by atoms with Crippen molar-refractivity contribution in [2.75, 3.05) is 6.54 Å². The van der Waals surface area contributed by atoms with Crippen LogP contribution in [-0.4, -0.2) is 29.3 Å². The molecule has 0 spiro atoms. The second-order valence-corrected chi connectivity index (χ2v) is 10.1. The Morgan fingerprint density at radius 1 is 0.857 bits per heavy atom. The van der Waals surface area contributed by atoms with Crippen LogP contribution < -0.4 is 5.32 Å². The number of benzene rings is 3. The molecule has 0 unspecified atom stereocenters. The number of carbonyl (C=O) groups excluding carboxylic acids is 2. The van der Waals surface area contributed by atoms with Crippen LogP contribution in [0.3, 0.4) is 0 Å². The largest absolute Gasteiger partial charge is 0.355 e. The zero-order chi connectivity index (χ0) is 25.2. The maximum Gasteiger partial charge on any atom is 0.243 e. The van der Waals surface area contributed by atoms with Crippen LogP contribution in [0, 0.1) is 0 Å². The first-order valence-corrected chi connectivity index (χ1v) is 13.1. The number of likely N-dealkylation sites (N-methyl/N-ethyl adjacent to an activating group) is 1. The summed E-state index contributed by atoms with van der Waals surface area (Å²) in [5.74, 6) is 0.332. The topological polar surface area (TPSA) is 49.4 Å². The fraction of sp³-hybridized carbons (Fsp3) is 0.333. The molecule has 4 nitrogen and oxygen atoms in total. The van der Waals surface area contributed by atoms with E-state index < -0.39 is 6.04 Å². The van der Waals surface area contributed by atoms with Crippen LogP contribution in [0.4, 0.5) is 0 Å². The summed E-state index contributed by atoms with van der Waals surface area (Å²) in [5.41, 5.74) is 4.44. The Bertz CT molecular complexity index is 1080. The number of hydrogen-bond donors (Lipinski definition) is 1. The number of nitrogens with one attached hydrogen (secondary N) is 1. The molecule has 0 radical (unpaired) electrons. The van der Waals surface area contributed by atoms with Crippen molar-refractivity contribution < 1.29 is 9.59 Å². The van der Waals surface area contributed by atoms with E-state index in [4.69, 9.17) is 0 Å². The van der Waals surface area contributed by atoms with Crippen molar-refractivity contribution in [3.63, 3.8) is 0 Å². The lowest BCUT2D eigenvalue weighted by molar-refractivity contribution is -0.141. The van der Waals surface area contributed by atoms with E-state index in [1.807, 2.05) is 61.5 Å². The maximum atomic E-state index is 13.6. The molecule has 0 saturated carbocycles. The van der Waals surface area contributed by atoms with Crippen molar-refractivity contribution in [3.8, 4) is 0 Å². The molecule has 0 aliphatic carbocycles. The Morgan fingerprint density at radius 2 is 1.49 bits per heavy atom. The number of aryl methyl sites for hydroxylation is 1. The summed E-state index contributed by atoms with van der Waals surface area (Å²) < 4.78 is 0.980. The van der Waals surface area contributed by atoms with E-state index in [0.29, 0.717) is 38.3 Å². The fourth-order valence-corrected chi connectivity index (χ4v) is 4.36. The van der Waals surface area contributed by atoms with Crippen LogP contribution in [0.25, 0.3) is 0 Å². The first kappa shape index (κ1) is 26.7. The van der Waals surface area contributed by atoms with Crippen LogP contribution in [0.15, 0.2) is 83.3 Å². The summed E-state index contributed by atoms with van der Waals surface area (Å²) >= 11 is 3.48. The first-order chi connectivity index (χ1) is 16.9. The van der Waals surface area contributed by atoms with Gasteiger partial charge in [0.15, 0.2) is 0 Å². The van der Waals surface area contributed by atoms with E-state index in [-0.39, 0.29) is 11.8 Å². The smallest absolute Gasteiger partial charge is 0.243 e. The first-order valence-electron chi connectivity index (χ1n) is 12.3. The minimum Gasteiger partial charge on any atom is -0.355 e. The molecule has 35 heavy (non-hydrogen) atoms. The Hall–Kier alpha value is -2.92. The molecule has 1 N–H and O–H groups in total. The van der Waals surface area contributed by atoms with Gasteiger partial charge in [-0.05, 0) is 53.6 Å². The van der Waals surface area contributed by atoms with Crippen molar-refractivity contribution in [3.05, 3.63) is 106 Å². The molecule has 1 atom stereocenters. The van der Waals surface area contributed by atoms with Gasteiger partial charge in [0.2, 0.25) is 11.8 Å². The maximum absolute atomic E-state index is 13.6. The zero-order valence-electron chi connectivity index (χ0n) is 20.8. The summed E-state index contributed by atoms with van der Waals surface area (Å²) in [5, 5.41) is 2.95. The normalized spacial score (nSPS) is 11.8. The second kappa shape index (κ2) is 13.2. The van der Waals surface area contributed by atoms with Gasteiger partial charge in [0, 0.05) is 30.4 Å². The quantitative estimate of drug-likeness (QED) is 0.314. The number of halogens is 1. The minimum atomic E-state index is -0.586. The molecule has 5 heteroatoms. The number of carbonyl (C=O) groups is 2. The fourth-order valence-electron chi connectivity index (χ4n) is 4.10. The molecule has 3 aromatic carbocycles. The molecule has 0 heterocycles. The zero-order valence-corrected chi connectivity index (χ0v) is 22.4. The van der Waals surface area contributed by atoms with E-state index in [1.54, 1.807) is 4.90 Å². The molecular weight excluding hydrogens is 500 g/mol. The summed E-state index contributed by atoms with van der Waals surface area (Å²) in [6.07, 6.45) is 1.46. The Balaban J connectivity index is 1.85. The van der Waals surface area contributed by atoms with Crippen molar-refractivity contribution in [1.29, 1.82) is 0 Å². The number of nitrogens with zero attached hydrogens (tertiary/aromatic N) is 1. The molecule has 0 fully saturated rings. The predicted molar refractivity (Wildman–Crippen MR) is 146 cm³/mol. The van der Waals surface area contributed by atoms with Gasteiger partial charge in [0.25, 0.3) is 0 Å². The highest BCUT2D eigenvalue weighted by Crippen LogP contribution is 2.20. The number of rotatable bonds is 11. The van der Waals surface area contributed by atoms with Crippen LogP contribution in [0.1, 0.15) is 55.4 Å². The van der Waals surface area contributed by atoms with Gasteiger partial charge in [-0.15, -0.1) is 0 Å². The van der Waals surface area contributed by atoms with Crippen molar-refractivity contribution in [1.82, 2.24) is 10.2 Å².